The number of aryl methyl sites for hydroxylation is 1. The van der Waals surface area contributed by atoms with E-state index in [1.54, 1.807) is 43.5 Å². The number of rotatable bonds is 4. The van der Waals surface area contributed by atoms with Crippen LogP contribution in [-0.2, 0) is 39.5 Å². The first-order valence-corrected chi connectivity index (χ1v) is 12.8. The van der Waals surface area contributed by atoms with E-state index >= 15 is 4.39 Å². The highest BCUT2D eigenvalue weighted by atomic mass is 19.1. The molecule has 0 radical (unpaired) electrons. The maximum Gasteiger partial charge on any atom is 0.343 e. The quantitative estimate of drug-likeness (QED) is 0.397. The molecule has 4 heterocycles. The Morgan fingerprint density at radius 3 is 2.79 bits per heavy atom. The average molecular weight is 521 g/mol. The van der Waals surface area contributed by atoms with Crippen molar-refractivity contribution in [3.05, 3.63) is 61.7 Å². The summed E-state index contributed by atoms with van der Waals surface area (Å²) in [5.41, 5.74) is 2.70. The first kappa shape index (κ1) is 24.7. The summed E-state index contributed by atoms with van der Waals surface area (Å²) < 4.78 is 21.8. The topological polar surface area (TPSA) is 114 Å². The van der Waals surface area contributed by atoms with E-state index in [1.807, 2.05) is 0 Å². The highest BCUT2D eigenvalue weighted by Gasteiger charge is 2.46. The summed E-state index contributed by atoms with van der Waals surface area (Å²) >= 11 is 0. The number of hydrogen-bond acceptors (Lipinski definition) is 7. The largest absolute Gasteiger partial charge is 0.458 e. The number of benzene rings is 1. The summed E-state index contributed by atoms with van der Waals surface area (Å²) in [5, 5.41) is 14.9. The molecule has 1 aliphatic carbocycles. The Balaban J connectivity index is 1.65. The normalized spacial score (nSPS) is 21.1. The van der Waals surface area contributed by atoms with Crippen LogP contribution in [0.1, 0.15) is 59.2 Å². The summed E-state index contributed by atoms with van der Waals surface area (Å²) in [7, 11) is 3.48. The minimum Gasteiger partial charge on any atom is -0.458 e. The monoisotopic (exact) mass is 520 g/mol. The molecular formula is C28H29FN4O5. The Morgan fingerprint density at radius 2 is 2.08 bits per heavy atom. The molecule has 3 aliphatic rings. The molecule has 0 fully saturated rings. The van der Waals surface area contributed by atoms with Gasteiger partial charge in [0.15, 0.2) is 5.60 Å². The molecule has 9 nitrogen and oxygen atoms in total. The molecule has 0 bridgehead atoms. The summed E-state index contributed by atoms with van der Waals surface area (Å²) in [6.45, 7) is 3.59. The third-order valence-corrected chi connectivity index (χ3v) is 8.54. The number of esters is 1. The molecular weight excluding hydrogens is 491 g/mol. The number of fused-ring (bicyclic) bond motifs is 5. The Hall–Kier alpha value is -3.63. The number of hydrogen-bond donors (Lipinski definition) is 2. The van der Waals surface area contributed by atoms with Gasteiger partial charge < -0.3 is 24.6 Å². The van der Waals surface area contributed by atoms with Crippen LogP contribution in [0.2, 0.25) is 0 Å². The number of ether oxygens (including phenoxy) is 1. The van der Waals surface area contributed by atoms with Crippen LogP contribution in [0.4, 0.5) is 4.39 Å². The van der Waals surface area contributed by atoms with Crippen molar-refractivity contribution in [3.8, 4) is 11.4 Å². The lowest BCUT2D eigenvalue weighted by atomic mass is 9.81. The summed E-state index contributed by atoms with van der Waals surface area (Å²) in [6.07, 6.45) is 1.24. The van der Waals surface area contributed by atoms with Crippen LogP contribution in [0, 0.1) is 12.7 Å². The van der Waals surface area contributed by atoms with Gasteiger partial charge >= 0.3 is 5.97 Å². The average Bonchev–Trinajstić information content (AvgIpc) is 3.28. The van der Waals surface area contributed by atoms with Gasteiger partial charge in [-0.2, -0.15) is 0 Å². The highest BCUT2D eigenvalue weighted by Crippen LogP contribution is 2.47. The molecule has 198 valence electrons. The number of carbonyl (C=O) groups excluding carboxylic acids is 2. The van der Waals surface area contributed by atoms with Crippen LogP contribution in [0.5, 0.6) is 0 Å². The molecule has 38 heavy (non-hydrogen) atoms. The fourth-order valence-electron chi connectivity index (χ4n) is 6.37. The van der Waals surface area contributed by atoms with E-state index in [2.05, 4.69) is 5.32 Å². The maximum absolute atomic E-state index is 15.0. The second-order valence-corrected chi connectivity index (χ2v) is 10.4. The van der Waals surface area contributed by atoms with Crippen LogP contribution < -0.4 is 10.9 Å². The van der Waals surface area contributed by atoms with Crippen molar-refractivity contribution in [1.29, 1.82) is 0 Å². The number of aliphatic hydroxyl groups is 1. The van der Waals surface area contributed by atoms with Crippen LogP contribution >= 0.6 is 0 Å². The van der Waals surface area contributed by atoms with Crippen molar-refractivity contribution >= 4 is 22.8 Å². The van der Waals surface area contributed by atoms with E-state index in [-0.39, 0.29) is 60.6 Å². The Morgan fingerprint density at radius 1 is 1.32 bits per heavy atom. The zero-order valence-corrected chi connectivity index (χ0v) is 21.8. The number of cyclic esters (lactones) is 1. The number of halogens is 1. The van der Waals surface area contributed by atoms with Crippen molar-refractivity contribution in [2.45, 2.75) is 57.9 Å². The van der Waals surface area contributed by atoms with Crippen molar-refractivity contribution in [2.24, 2.45) is 0 Å². The Labute approximate surface area is 218 Å². The van der Waals surface area contributed by atoms with E-state index in [9.17, 15) is 19.5 Å². The predicted octanol–water partition coefficient (Wildman–Crippen LogP) is 2.19. The molecule has 3 aromatic rings. The molecule has 1 aromatic carbocycles. The van der Waals surface area contributed by atoms with Crippen molar-refractivity contribution in [1.82, 2.24) is 19.8 Å². The van der Waals surface area contributed by atoms with E-state index in [4.69, 9.17) is 9.72 Å². The van der Waals surface area contributed by atoms with Crippen LogP contribution in [0.3, 0.4) is 0 Å². The van der Waals surface area contributed by atoms with E-state index in [1.165, 1.54) is 6.07 Å². The first-order chi connectivity index (χ1) is 18.1. The molecule has 2 aliphatic heterocycles. The summed E-state index contributed by atoms with van der Waals surface area (Å²) in [6, 6.07) is 2.77. The van der Waals surface area contributed by atoms with Gasteiger partial charge in [-0.3, -0.25) is 9.59 Å². The van der Waals surface area contributed by atoms with Crippen LogP contribution in [0.25, 0.3) is 22.3 Å². The van der Waals surface area contributed by atoms with Crippen molar-refractivity contribution in [2.75, 3.05) is 20.6 Å². The molecule has 1 amide bonds. The lowest BCUT2D eigenvalue weighted by Gasteiger charge is -2.35. The van der Waals surface area contributed by atoms with Gasteiger partial charge in [0.1, 0.15) is 12.4 Å². The van der Waals surface area contributed by atoms with Gasteiger partial charge in [-0.25, -0.2) is 14.2 Å². The number of carbonyl (C=O) groups is 2. The minimum atomic E-state index is -1.94. The van der Waals surface area contributed by atoms with E-state index in [0.29, 0.717) is 35.3 Å². The molecule has 2 N–H and O–H groups in total. The third-order valence-electron chi connectivity index (χ3n) is 8.54. The van der Waals surface area contributed by atoms with Gasteiger partial charge in [-0.15, -0.1) is 0 Å². The smallest absolute Gasteiger partial charge is 0.343 e. The number of aromatic nitrogens is 2. The molecule has 0 unspecified atom stereocenters. The third kappa shape index (κ3) is 3.16. The zero-order valence-electron chi connectivity index (χ0n) is 21.8. The fraction of sp³-hybridized carbons (Fsp3) is 0.429. The fourth-order valence-corrected chi connectivity index (χ4v) is 6.37. The van der Waals surface area contributed by atoms with Crippen molar-refractivity contribution in [3.63, 3.8) is 0 Å². The van der Waals surface area contributed by atoms with Gasteiger partial charge in [0, 0.05) is 29.6 Å². The minimum absolute atomic E-state index is 0.0409. The Bertz CT molecular complexity index is 1630. The summed E-state index contributed by atoms with van der Waals surface area (Å²) in [5.74, 6) is -1.22. The Kier molecular flexibility index (Phi) is 5.48. The lowest BCUT2D eigenvalue weighted by molar-refractivity contribution is -0.172. The molecule has 0 spiro atoms. The summed E-state index contributed by atoms with van der Waals surface area (Å²) in [4.78, 5) is 45.7. The molecule has 0 saturated heterocycles. The molecule has 6 rings (SSSR count). The van der Waals surface area contributed by atoms with Gasteiger partial charge in [0.2, 0.25) is 5.91 Å². The van der Waals surface area contributed by atoms with E-state index in [0.717, 1.165) is 22.1 Å². The first-order valence-electron chi connectivity index (χ1n) is 12.8. The van der Waals surface area contributed by atoms with Crippen molar-refractivity contribution < 1.29 is 23.8 Å². The number of nitrogens with zero attached hydrogens (tertiary/aromatic N) is 3. The number of amides is 1. The standard InChI is InChI=1S/C28H29FN4O5/c1-5-28(37)17-8-21-25-15(11-33(21)26(35)16(17)12-38-27(28)36)24-20(32(4)22(34)10-30-3)7-6-14-13(2)18(29)9-19(31-25)23(14)24/h8-9,20,30,37H,5-7,10-12H2,1-4H3/t20-,28-/m0/s1. The second kappa shape index (κ2) is 8.44. The number of pyridine rings is 2. The molecule has 10 heteroatoms. The molecule has 0 saturated carbocycles. The second-order valence-electron chi connectivity index (χ2n) is 10.4. The SMILES string of the molecule is CC[C@@]1(O)C(=O)OCc2c1cc1n(c2=O)Cc2c-1nc1cc(F)c(C)c3c1c2[C@@H](N(C)C(=O)CNC)CC3. The number of likely N-dealkylation sites (N-methyl/N-ethyl adjacent to an activating group) is 2. The van der Waals surface area contributed by atoms with E-state index < -0.39 is 11.6 Å². The van der Waals surface area contributed by atoms with Gasteiger partial charge in [-0.05, 0) is 56.0 Å². The molecule has 2 aromatic heterocycles. The molecule has 2 atom stereocenters. The predicted molar refractivity (Wildman–Crippen MR) is 137 cm³/mol. The lowest BCUT2D eigenvalue weighted by Crippen LogP contribution is -2.44. The van der Waals surface area contributed by atoms with Crippen LogP contribution in [0.15, 0.2) is 16.9 Å². The van der Waals surface area contributed by atoms with Crippen LogP contribution in [-0.4, -0.2) is 52.1 Å². The van der Waals surface area contributed by atoms with Gasteiger partial charge in [0.25, 0.3) is 5.56 Å². The van der Waals surface area contributed by atoms with Gasteiger partial charge in [-0.1, -0.05) is 6.92 Å². The number of nitrogens with one attached hydrogen (secondary N) is 1. The van der Waals surface area contributed by atoms with Gasteiger partial charge in [0.05, 0.1) is 41.6 Å². The maximum atomic E-state index is 15.0. The highest BCUT2D eigenvalue weighted by molar-refractivity contribution is 5.94. The zero-order chi connectivity index (χ0) is 27.1.